The lowest BCUT2D eigenvalue weighted by Crippen LogP contribution is -2.26. The van der Waals surface area contributed by atoms with Crippen LogP contribution in [0.1, 0.15) is 15.9 Å². The number of carbonyl (C=O) groups is 1. The minimum atomic E-state index is -0.422. The zero-order chi connectivity index (χ0) is 25.8. The summed E-state index contributed by atoms with van der Waals surface area (Å²) in [6.07, 6.45) is 6.42. The second-order valence-corrected chi connectivity index (χ2v) is 8.29. The zero-order valence-corrected chi connectivity index (χ0v) is 20.4. The average Bonchev–Trinajstić information content (AvgIpc) is 2.96. The van der Waals surface area contributed by atoms with E-state index in [-0.39, 0.29) is 5.56 Å². The largest absolute Gasteiger partial charge is 0.493 e. The number of aromatic nitrogens is 2. The van der Waals surface area contributed by atoms with Crippen molar-refractivity contribution in [3.05, 3.63) is 125 Å². The fourth-order valence-electron chi connectivity index (χ4n) is 4.41. The molecule has 0 aliphatic carbocycles. The molecule has 5 aromatic rings. The van der Waals surface area contributed by atoms with Crippen molar-refractivity contribution < 1.29 is 14.3 Å². The first-order valence-electron chi connectivity index (χ1n) is 11.7. The summed E-state index contributed by atoms with van der Waals surface area (Å²) in [7, 11) is 3.11. The van der Waals surface area contributed by atoms with Crippen LogP contribution in [0.15, 0.2) is 108 Å². The Kier molecular flexibility index (Phi) is 6.64. The molecule has 0 unspecified atom stereocenters. The number of hydrogen-bond acceptors (Lipinski definition) is 5. The highest BCUT2D eigenvalue weighted by Crippen LogP contribution is 2.38. The highest BCUT2D eigenvalue weighted by atomic mass is 16.5. The highest BCUT2D eigenvalue weighted by molar-refractivity contribution is 6.15. The average molecular weight is 489 g/mol. The fourth-order valence-corrected chi connectivity index (χ4v) is 4.41. The molecule has 0 saturated heterocycles. The van der Waals surface area contributed by atoms with E-state index in [1.165, 1.54) is 6.08 Å². The predicted molar refractivity (Wildman–Crippen MR) is 146 cm³/mol. The number of carbonyl (C=O) groups excluding carboxylic acids is 1. The SMILES string of the molecule is COc1cc2c(-c3ccccc3)c(C(=O)/C=C/c3ccncc3)c(=O)n(-c3ccccc3)c2cc1OC. The van der Waals surface area contributed by atoms with Gasteiger partial charge in [-0.25, -0.2) is 0 Å². The van der Waals surface area contributed by atoms with E-state index in [2.05, 4.69) is 4.98 Å². The van der Waals surface area contributed by atoms with Crippen LogP contribution in [0.4, 0.5) is 0 Å². The molecule has 37 heavy (non-hydrogen) atoms. The number of hydrogen-bond donors (Lipinski definition) is 0. The lowest BCUT2D eigenvalue weighted by atomic mass is 9.93. The van der Waals surface area contributed by atoms with Crippen LogP contribution in [0.5, 0.6) is 11.5 Å². The molecular formula is C31H24N2O4. The number of methoxy groups -OCH3 is 2. The first-order chi connectivity index (χ1) is 18.1. The van der Waals surface area contributed by atoms with Crippen molar-refractivity contribution in [2.24, 2.45) is 0 Å². The molecule has 0 saturated carbocycles. The van der Waals surface area contributed by atoms with Gasteiger partial charge >= 0.3 is 0 Å². The van der Waals surface area contributed by atoms with Gasteiger partial charge in [-0.1, -0.05) is 54.6 Å². The third-order valence-corrected chi connectivity index (χ3v) is 6.14. The van der Waals surface area contributed by atoms with E-state index in [4.69, 9.17) is 9.47 Å². The summed E-state index contributed by atoms with van der Waals surface area (Å²) in [6.45, 7) is 0. The normalized spacial score (nSPS) is 11.1. The van der Waals surface area contributed by atoms with Crippen molar-refractivity contribution >= 4 is 22.8 Å². The van der Waals surface area contributed by atoms with Gasteiger partial charge in [0.05, 0.1) is 25.3 Å². The molecule has 0 aliphatic rings. The van der Waals surface area contributed by atoms with Crippen LogP contribution in [-0.4, -0.2) is 29.6 Å². The molecule has 0 N–H and O–H groups in total. The molecule has 6 nitrogen and oxygen atoms in total. The molecular weight excluding hydrogens is 464 g/mol. The van der Waals surface area contributed by atoms with Crippen LogP contribution in [-0.2, 0) is 0 Å². The second-order valence-electron chi connectivity index (χ2n) is 8.29. The summed E-state index contributed by atoms with van der Waals surface area (Å²) in [5.74, 6) is 0.577. The minimum absolute atomic E-state index is 0.0695. The van der Waals surface area contributed by atoms with Gasteiger partial charge in [0, 0.05) is 35.1 Å². The highest BCUT2D eigenvalue weighted by Gasteiger charge is 2.24. The number of para-hydroxylation sites is 1. The number of nitrogens with zero attached hydrogens (tertiary/aromatic N) is 2. The monoisotopic (exact) mass is 488 g/mol. The predicted octanol–water partition coefficient (Wildman–Crippen LogP) is 5.97. The Balaban J connectivity index is 1.90. The van der Waals surface area contributed by atoms with Crippen molar-refractivity contribution in [2.75, 3.05) is 14.2 Å². The Morgan fingerprint density at radius 3 is 2.11 bits per heavy atom. The van der Waals surface area contributed by atoms with Crippen LogP contribution in [0.3, 0.4) is 0 Å². The standard InChI is InChI=1S/C31H24N2O4/c1-36-27-19-24-25(20-28(27)37-2)33(23-11-7-4-8-12-23)31(35)30(29(24)22-9-5-3-6-10-22)26(34)14-13-21-15-17-32-18-16-21/h3-20H,1-2H3/b14-13+. The van der Waals surface area contributed by atoms with E-state index in [1.54, 1.807) is 55.5 Å². The molecule has 0 aliphatic heterocycles. The van der Waals surface area contributed by atoms with Gasteiger partial charge in [0.2, 0.25) is 0 Å². The van der Waals surface area contributed by atoms with E-state index < -0.39 is 11.3 Å². The van der Waals surface area contributed by atoms with Gasteiger partial charge in [0.1, 0.15) is 0 Å². The zero-order valence-electron chi connectivity index (χ0n) is 20.4. The fraction of sp³-hybridized carbons (Fsp3) is 0.0645. The van der Waals surface area contributed by atoms with E-state index in [9.17, 15) is 9.59 Å². The van der Waals surface area contributed by atoms with Crippen LogP contribution >= 0.6 is 0 Å². The number of benzene rings is 3. The van der Waals surface area contributed by atoms with Gasteiger partial charge in [0.15, 0.2) is 17.3 Å². The van der Waals surface area contributed by atoms with Crippen molar-refractivity contribution in [1.29, 1.82) is 0 Å². The number of pyridine rings is 2. The first kappa shape index (κ1) is 23.8. The van der Waals surface area contributed by atoms with Crippen molar-refractivity contribution in [1.82, 2.24) is 9.55 Å². The third-order valence-electron chi connectivity index (χ3n) is 6.14. The summed E-state index contributed by atoms with van der Waals surface area (Å²) in [5.41, 5.74) is 2.98. The van der Waals surface area contributed by atoms with Crippen LogP contribution in [0.2, 0.25) is 0 Å². The number of ether oxygens (including phenoxy) is 2. The Labute approximate surface area is 214 Å². The molecule has 6 heteroatoms. The number of ketones is 1. The molecule has 182 valence electrons. The molecule has 0 spiro atoms. The first-order valence-corrected chi connectivity index (χ1v) is 11.7. The molecule has 2 aromatic heterocycles. The number of fused-ring (bicyclic) bond motifs is 1. The third kappa shape index (κ3) is 4.52. The van der Waals surface area contributed by atoms with Crippen LogP contribution in [0.25, 0.3) is 33.8 Å². The summed E-state index contributed by atoms with van der Waals surface area (Å²) in [4.78, 5) is 32.0. The maximum absolute atomic E-state index is 14.2. The molecule has 0 bridgehead atoms. The molecule has 5 rings (SSSR count). The molecule has 0 amide bonds. The van der Waals surface area contributed by atoms with Gasteiger partial charge in [-0.05, 0) is 47.5 Å². The molecule has 0 fully saturated rings. The Hall–Kier alpha value is -4.97. The van der Waals surface area contributed by atoms with Gasteiger partial charge in [-0.3, -0.25) is 19.1 Å². The Morgan fingerprint density at radius 2 is 1.46 bits per heavy atom. The van der Waals surface area contributed by atoms with E-state index in [0.29, 0.717) is 33.7 Å². The lowest BCUT2D eigenvalue weighted by molar-refractivity contribution is 0.104. The lowest BCUT2D eigenvalue weighted by Gasteiger charge is -2.19. The van der Waals surface area contributed by atoms with Gasteiger partial charge in [0.25, 0.3) is 5.56 Å². The van der Waals surface area contributed by atoms with E-state index in [0.717, 1.165) is 11.1 Å². The summed E-state index contributed by atoms with van der Waals surface area (Å²) in [5, 5.41) is 0.688. The Morgan fingerprint density at radius 1 is 0.838 bits per heavy atom. The maximum Gasteiger partial charge on any atom is 0.267 e. The van der Waals surface area contributed by atoms with Gasteiger partial charge < -0.3 is 9.47 Å². The van der Waals surface area contributed by atoms with Gasteiger partial charge in [-0.2, -0.15) is 0 Å². The summed E-state index contributed by atoms with van der Waals surface area (Å²) >= 11 is 0. The minimum Gasteiger partial charge on any atom is -0.493 e. The van der Waals surface area contributed by atoms with Crippen molar-refractivity contribution in [3.63, 3.8) is 0 Å². The molecule has 2 heterocycles. The summed E-state index contributed by atoms with van der Waals surface area (Å²) < 4.78 is 12.7. The maximum atomic E-state index is 14.2. The summed E-state index contributed by atoms with van der Waals surface area (Å²) in [6, 6.07) is 25.9. The Bertz CT molecular complexity index is 1660. The molecule has 3 aromatic carbocycles. The number of allylic oxidation sites excluding steroid dienone is 1. The van der Waals surface area contributed by atoms with Gasteiger partial charge in [-0.15, -0.1) is 0 Å². The topological polar surface area (TPSA) is 70.4 Å². The van der Waals surface area contributed by atoms with E-state index >= 15 is 0 Å². The van der Waals surface area contributed by atoms with E-state index in [1.807, 2.05) is 66.7 Å². The molecule has 0 atom stereocenters. The molecule has 0 radical (unpaired) electrons. The van der Waals surface area contributed by atoms with Crippen LogP contribution < -0.4 is 15.0 Å². The second kappa shape index (κ2) is 10.3. The quantitative estimate of drug-likeness (QED) is 0.209. The smallest absolute Gasteiger partial charge is 0.267 e. The number of rotatable bonds is 7. The van der Waals surface area contributed by atoms with Crippen molar-refractivity contribution in [2.45, 2.75) is 0 Å². The van der Waals surface area contributed by atoms with Crippen molar-refractivity contribution in [3.8, 4) is 28.3 Å². The van der Waals surface area contributed by atoms with Crippen LogP contribution in [0, 0.1) is 0 Å².